The minimum absolute atomic E-state index is 0.176. The second-order valence-corrected chi connectivity index (χ2v) is 6.69. The van der Waals surface area contributed by atoms with E-state index in [1.165, 1.54) is 54.6 Å². The molecule has 1 aromatic rings. The van der Waals surface area contributed by atoms with E-state index in [1.807, 2.05) is 11.3 Å². The van der Waals surface area contributed by atoms with Crippen molar-refractivity contribution in [2.45, 2.75) is 38.6 Å². The molecule has 0 spiro atoms. The lowest BCUT2D eigenvalue weighted by Crippen LogP contribution is -2.46. The monoisotopic (exact) mass is 280 g/mol. The van der Waals surface area contributed by atoms with Crippen molar-refractivity contribution in [1.29, 1.82) is 0 Å². The molecule has 2 heterocycles. The van der Waals surface area contributed by atoms with Crippen molar-refractivity contribution < 1.29 is 0 Å². The summed E-state index contributed by atoms with van der Waals surface area (Å²) in [5.41, 5.74) is 7.35. The lowest BCUT2D eigenvalue weighted by molar-refractivity contribution is 0.258. The van der Waals surface area contributed by atoms with Crippen LogP contribution in [0.2, 0.25) is 0 Å². The molecule has 5 heteroatoms. The number of thiazole rings is 1. The minimum atomic E-state index is 0.176. The van der Waals surface area contributed by atoms with Crippen molar-refractivity contribution in [3.05, 3.63) is 10.6 Å². The van der Waals surface area contributed by atoms with E-state index in [4.69, 9.17) is 10.7 Å². The van der Waals surface area contributed by atoms with Crippen LogP contribution in [0.4, 0.5) is 5.13 Å². The molecule has 19 heavy (non-hydrogen) atoms. The smallest absolute Gasteiger partial charge is 0.185 e. The van der Waals surface area contributed by atoms with E-state index in [1.54, 1.807) is 0 Å². The van der Waals surface area contributed by atoms with Gasteiger partial charge in [0.25, 0.3) is 0 Å². The number of hydrogen-bond donors (Lipinski definition) is 1. The number of aromatic nitrogens is 1. The van der Waals surface area contributed by atoms with Gasteiger partial charge in [0.15, 0.2) is 5.13 Å². The van der Waals surface area contributed by atoms with E-state index in [0.717, 1.165) is 19.5 Å². The van der Waals surface area contributed by atoms with E-state index >= 15 is 0 Å². The Kier molecular flexibility index (Phi) is 4.05. The predicted octanol–water partition coefficient (Wildman–Crippen LogP) is 2.01. The van der Waals surface area contributed by atoms with E-state index < -0.39 is 0 Å². The first-order chi connectivity index (χ1) is 9.28. The Morgan fingerprint density at radius 2 is 2.11 bits per heavy atom. The summed E-state index contributed by atoms with van der Waals surface area (Å²) in [5.74, 6) is 0. The molecule has 1 saturated heterocycles. The van der Waals surface area contributed by atoms with Crippen molar-refractivity contribution in [3.8, 4) is 0 Å². The van der Waals surface area contributed by atoms with Crippen molar-refractivity contribution in [2.75, 3.05) is 37.6 Å². The van der Waals surface area contributed by atoms with Crippen LogP contribution in [0.25, 0.3) is 0 Å². The minimum Gasteiger partial charge on any atom is -0.346 e. The average Bonchev–Trinajstić information content (AvgIpc) is 2.85. The van der Waals surface area contributed by atoms with Gasteiger partial charge in [0, 0.05) is 37.1 Å². The fourth-order valence-electron chi connectivity index (χ4n) is 3.05. The van der Waals surface area contributed by atoms with Crippen LogP contribution < -0.4 is 10.6 Å². The van der Waals surface area contributed by atoms with Gasteiger partial charge < -0.3 is 10.6 Å². The number of nitrogens with two attached hydrogens (primary N) is 1. The Morgan fingerprint density at radius 3 is 2.79 bits per heavy atom. The van der Waals surface area contributed by atoms with E-state index in [2.05, 4.69) is 16.7 Å². The lowest BCUT2D eigenvalue weighted by atomic mass is 9.99. The summed E-state index contributed by atoms with van der Waals surface area (Å²) in [4.78, 5) is 11.3. The Labute approximate surface area is 119 Å². The molecular formula is C14H24N4S. The highest BCUT2D eigenvalue weighted by Crippen LogP contribution is 2.35. The first kappa shape index (κ1) is 13.3. The topological polar surface area (TPSA) is 45.4 Å². The Bertz CT molecular complexity index is 423. The van der Waals surface area contributed by atoms with Gasteiger partial charge in [-0.05, 0) is 32.2 Å². The molecule has 1 aromatic heterocycles. The predicted molar refractivity (Wildman–Crippen MR) is 80.9 cm³/mol. The molecule has 1 atom stereocenters. The highest BCUT2D eigenvalue weighted by Gasteiger charge is 2.25. The highest BCUT2D eigenvalue weighted by molar-refractivity contribution is 7.15. The van der Waals surface area contributed by atoms with Gasteiger partial charge in [-0.15, -0.1) is 11.3 Å². The van der Waals surface area contributed by atoms with Gasteiger partial charge in [-0.2, -0.15) is 0 Å². The molecule has 0 radical (unpaired) electrons. The zero-order valence-corrected chi connectivity index (χ0v) is 12.6. The van der Waals surface area contributed by atoms with Crippen LogP contribution >= 0.6 is 11.3 Å². The fourth-order valence-corrected chi connectivity index (χ4v) is 4.28. The van der Waals surface area contributed by atoms with Crippen molar-refractivity contribution in [1.82, 2.24) is 9.88 Å². The standard InChI is InChI=1S/C14H24N4S/c1-2-6-17-7-9-18(10-8-17)14-16-13-11(15)4-3-5-12(13)19-14/h11H,2-10,15H2,1H3. The van der Waals surface area contributed by atoms with Crippen LogP contribution in [0, 0.1) is 0 Å². The molecule has 0 amide bonds. The Hall–Kier alpha value is -0.650. The summed E-state index contributed by atoms with van der Waals surface area (Å²) in [7, 11) is 0. The van der Waals surface area contributed by atoms with Crippen molar-refractivity contribution in [2.24, 2.45) is 5.73 Å². The van der Waals surface area contributed by atoms with Crippen LogP contribution in [-0.4, -0.2) is 42.6 Å². The Morgan fingerprint density at radius 1 is 1.32 bits per heavy atom. The van der Waals surface area contributed by atoms with Gasteiger partial charge in [0.1, 0.15) is 0 Å². The van der Waals surface area contributed by atoms with Crippen LogP contribution in [0.15, 0.2) is 0 Å². The van der Waals surface area contributed by atoms with Gasteiger partial charge in [0.2, 0.25) is 0 Å². The molecule has 4 nitrogen and oxygen atoms in total. The van der Waals surface area contributed by atoms with Gasteiger partial charge in [-0.25, -0.2) is 4.98 Å². The summed E-state index contributed by atoms with van der Waals surface area (Å²) < 4.78 is 0. The van der Waals surface area contributed by atoms with Crippen LogP contribution in [0.1, 0.15) is 42.8 Å². The summed E-state index contributed by atoms with van der Waals surface area (Å²) in [6.07, 6.45) is 4.75. The Balaban J connectivity index is 1.67. The summed E-state index contributed by atoms with van der Waals surface area (Å²) in [5, 5.41) is 1.21. The molecule has 2 aliphatic rings. The molecule has 1 aliphatic carbocycles. The molecule has 2 N–H and O–H groups in total. The maximum atomic E-state index is 6.17. The average molecular weight is 280 g/mol. The first-order valence-corrected chi connectivity index (χ1v) is 8.32. The second-order valence-electron chi connectivity index (χ2n) is 5.63. The fraction of sp³-hybridized carbons (Fsp3) is 0.786. The molecule has 3 rings (SSSR count). The van der Waals surface area contributed by atoms with Gasteiger partial charge in [-0.3, -0.25) is 4.90 Å². The molecule has 0 aromatic carbocycles. The quantitative estimate of drug-likeness (QED) is 0.920. The molecule has 1 fully saturated rings. The number of hydrogen-bond acceptors (Lipinski definition) is 5. The van der Waals surface area contributed by atoms with Crippen LogP contribution in [-0.2, 0) is 6.42 Å². The normalized spacial score (nSPS) is 24.5. The number of nitrogens with zero attached hydrogens (tertiary/aromatic N) is 3. The molecular weight excluding hydrogens is 256 g/mol. The number of piperazine rings is 1. The molecule has 1 unspecified atom stereocenters. The zero-order valence-electron chi connectivity index (χ0n) is 11.8. The highest BCUT2D eigenvalue weighted by atomic mass is 32.1. The summed E-state index contributed by atoms with van der Waals surface area (Å²) in [6, 6.07) is 0.176. The third kappa shape index (κ3) is 2.78. The molecule has 0 bridgehead atoms. The van der Waals surface area contributed by atoms with E-state index in [0.29, 0.717) is 0 Å². The molecule has 1 aliphatic heterocycles. The number of rotatable bonds is 3. The maximum absolute atomic E-state index is 6.17. The zero-order chi connectivity index (χ0) is 13.2. The molecule has 0 saturated carbocycles. The van der Waals surface area contributed by atoms with Crippen LogP contribution in [0.3, 0.4) is 0 Å². The lowest BCUT2D eigenvalue weighted by Gasteiger charge is -2.34. The molecule has 106 valence electrons. The third-order valence-electron chi connectivity index (χ3n) is 4.17. The number of fused-ring (bicyclic) bond motifs is 1. The summed E-state index contributed by atoms with van der Waals surface area (Å²) >= 11 is 1.88. The van der Waals surface area contributed by atoms with E-state index in [-0.39, 0.29) is 6.04 Å². The maximum Gasteiger partial charge on any atom is 0.185 e. The largest absolute Gasteiger partial charge is 0.346 e. The van der Waals surface area contributed by atoms with Gasteiger partial charge >= 0.3 is 0 Å². The van der Waals surface area contributed by atoms with Gasteiger partial charge in [-0.1, -0.05) is 6.92 Å². The van der Waals surface area contributed by atoms with Crippen molar-refractivity contribution >= 4 is 16.5 Å². The first-order valence-electron chi connectivity index (χ1n) is 7.50. The second kappa shape index (κ2) is 5.77. The summed E-state index contributed by atoms with van der Waals surface area (Å²) in [6.45, 7) is 8.05. The third-order valence-corrected chi connectivity index (χ3v) is 5.36. The SMILES string of the molecule is CCCN1CCN(c2nc3c(s2)CCCC3N)CC1. The van der Waals surface area contributed by atoms with Crippen LogP contribution in [0.5, 0.6) is 0 Å². The van der Waals surface area contributed by atoms with Gasteiger partial charge in [0.05, 0.1) is 5.69 Å². The number of anilines is 1. The van der Waals surface area contributed by atoms with Crippen molar-refractivity contribution in [3.63, 3.8) is 0 Å². The van der Waals surface area contributed by atoms with E-state index in [9.17, 15) is 0 Å². The number of aryl methyl sites for hydroxylation is 1.